The first-order valence-corrected chi connectivity index (χ1v) is 11.3. The average Bonchev–Trinajstić information content (AvgIpc) is 3.46. The van der Waals surface area contributed by atoms with Crippen LogP contribution in [0.5, 0.6) is 0 Å². The number of nitrogens with one attached hydrogen (secondary N) is 2. The number of carbonyl (C=O) groups is 1. The zero-order valence-corrected chi connectivity index (χ0v) is 19.3. The summed E-state index contributed by atoms with van der Waals surface area (Å²) < 4.78 is 57.7. The van der Waals surface area contributed by atoms with Crippen molar-refractivity contribution in [3.63, 3.8) is 0 Å². The molecule has 1 aliphatic heterocycles. The number of H-pyrrole nitrogens is 1. The van der Waals surface area contributed by atoms with E-state index in [9.17, 15) is 22.4 Å². The third-order valence-corrected chi connectivity index (χ3v) is 6.05. The van der Waals surface area contributed by atoms with E-state index in [1.54, 1.807) is 29.3 Å². The number of carbonyl (C=O) groups excluding carboxylic acids is 1. The van der Waals surface area contributed by atoms with Crippen LogP contribution in [0, 0.1) is 5.82 Å². The van der Waals surface area contributed by atoms with Crippen LogP contribution in [0.15, 0.2) is 47.2 Å². The van der Waals surface area contributed by atoms with Gasteiger partial charge in [-0.1, -0.05) is 16.8 Å². The standard InChI is InChI=1S/C23H19ClF4N6O2/c24-14-1-2-17-15(8-14)19(11-29-17)31-22(35)20-9-18(32-36-20)13-7-16(25)21(30-10-13)34-5-3-33(4-6-34)12-23(26,27)28/h1-2,7-11,29H,3-6,12H2,(H,31,35). The lowest BCUT2D eigenvalue weighted by atomic mass is 10.2. The van der Waals surface area contributed by atoms with Gasteiger partial charge in [-0.05, 0) is 24.3 Å². The Morgan fingerprint density at radius 2 is 1.94 bits per heavy atom. The van der Waals surface area contributed by atoms with Gasteiger partial charge in [-0.25, -0.2) is 9.37 Å². The molecule has 3 aromatic heterocycles. The Morgan fingerprint density at radius 1 is 1.17 bits per heavy atom. The minimum Gasteiger partial charge on any atom is -0.359 e. The number of aromatic nitrogens is 3. The van der Waals surface area contributed by atoms with Gasteiger partial charge in [-0.15, -0.1) is 0 Å². The molecule has 0 spiro atoms. The molecule has 8 nitrogen and oxygen atoms in total. The summed E-state index contributed by atoms with van der Waals surface area (Å²) in [6, 6.07) is 7.78. The molecule has 1 amide bonds. The van der Waals surface area contributed by atoms with Crippen LogP contribution in [0.2, 0.25) is 5.02 Å². The van der Waals surface area contributed by atoms with Crippen LogP contribution >= 0.6 is 11.6 Å². The number of pyridine rings is 1. The fourth-order valence-corrected chi connectivity index (χ4v) is 4.25. The number of rotatable bonds is 5. The highest BCUT2D eigenvalue weighted by Gasteiger charge is 2.32. The zero-order valence-electron chi connectivity index (χ0n) is 18.6. The minimum atomic E-state index is -4.27. The Labute approximate surface area is 206 Å². The van der Waals surface area contributed by atoms with Crippen molar-refractivity contribution in [2.45, 2.75) is 6.18 Å². The van der Waals surface area contributed by atoms with Crippen molar-refractivity contribution in [3.05, 3.63) is 59.3 Å². The van der Waals surface area contributed by atoms with E-state index in [0.29, 0.717) is 10.7 Å². The second-order valence-electron chi connectivity index (χ2n) is 8.33. The molecule has 5 rings (SSSR count). The summed E-state index contributed by atoms with van der Waals surface area (Å²) in [4.78, 5) is 22.7. The molecule has 0 radical (unpaired) electrons. The molecule has 1 aromatic carbocycles. The number of amides is 1. The van der Waals surface area contributed by atoms with Gasteiger partial charge < -0.3 is 19.7 Å². The highest BCUT2D eigenvalue weighted by molar-refractivity contribution is 6.31. The molecule has 0 aliphatic carbocycles. The summed E-state index contributed by atoms with van der Waals surface area (Å²) in [6.45, 7) is -0.273. The molecule has 4 aromatic rings. The number of aromatic amines is 1. The fraction of sp³-hybridized carbons (Fsp3) is 0.261. The molecule has 1 fully saturated rings. The summed E-state index contributed by atoms with van der Waals surface area (Å²) >= 11 is 6.04. The molecule has 36 heavy (non-hydrogen) atoms. The maximum absolute atomic E-state index is 14.8. The highest BCUT2D eigenvalue weighted by Crippen LogP contribution is 2.28. The van der Waals surface area contributed by atoms with Gasteiger partial charge in [0, 0.05) is 66.1 Å². The number of hydrogen-bond acceptors (Lipinski definition) is 6. The van der Waals surface area contributed by atoms with Crippen LogP contribution in [0.4, 0.5) is 29.1 Å². The first-order chi connectivity index (χ1) is 17.2. The molecule has 4 heterocycles. The van der Waals surface area contributed by atoms with E-state index >= 15 is 0 Å². The van der Waals surface area contributed by atoms with Gasteiger partial charge in [-0.3, -0.25) is 9.69 Å². The van der Waals surface area contributed by atoms with E-state index in [1.165, 1.54) is 23.2 Å². The van der Waals surface area contributed by atoms with Gasteiger partial charge in [0.2, 0.25) is 5.76 Å². The second-order valence-corrected chi connectivity index (χ2v) is 8.77. The third kappa shape index (κ3) is 5.14. The third-order valence-electron chi connectivity index (χ3n) is 5.82. The molecule has 13 heteroatoms. The summed E-state index contributed by atoms with van der Waals surface area (Å²) in [5.74, 6) is -1.26. The van der Waals surface area contributed by atoms with Crippen molar-refractivity contribution >= 4 is 39.9 Å². The predicted molar refractivity (Wildman–Crippen MR) is 126 cm³/mol. The van der Waals surface area contributed by atoms with Crippen molar-refractivity contribution in [1.82, 2.24) is 20.0 Å². The van der Waals surface area contributed by atoms with E-state index < -0.39 is 24.4 Å². The number of nitrogens with zero attached hydrogens (tertiary/aromatic N) is 4. The smallest absolute Gasteiger partial charge is 0.359 e. The number of benzene rings is 1. The summed E-state index contributed by atoms with van der Waals surface area (Å²) in [5, 5.41) is 7.80. The molecule has 0 bridgehead atoms. The van der Waals surface area contributed by atoms with Crippen LogP contribution in [0.25, 0.3) is 22.2 Å². The Morgan fingerprint density at radius 3 is 2.67 bits per heavy atom. The topological polar surface area (TPSA) is 90.3 Å². The fourth-order valence-electron chi connectivity index (χ4n) is 4.07. The number of alkyl halides is 3. The van der Waals surface area contributed by atoms with Crippen molar-refractivity contribution in [2.75, 3.05) is 42.9 Å². The molecule has 1 saturated heterocycles. The highest BCUT2D eigenvalue weighted by atomic mass is 35.5. The Kier molecular flexibility index (Phi) is 6.31. The molecule has 1 aliphatic rings. The molecular formula is C23H19ClF4N6O2. The Balaban J connectivity index is 1.26. The van der Waals surface area contributed by atoms with E-state index in [1.807, 2.05) is 0 Å². The van der Waals surface area contributed by atoms with Crippen molar-refractivity contribution in [2.24, 2.45) is 0 Å². The molecular weight excluding hydrogens is 504 g/mol. The van der Waals surface area contributed by atoms with Gasteiger partial charge in [-0.2, -0.15) is 13.2 Å². The first kappa shape index (κ1) is 24.1. The van der Waals surface area contributed by atoms with Crippen molar-refractivity contribution in [3.8, 4) is 11.3 Å². The minimum absolute atomic E-state index is 0.0462. The zero-order chi connectivity index (χ0) is 25.4. The van der Waals surface area contributed by atoms with Crippen LogP contribution in [-0.2, 0) is 0 Å². The van der Waals surface area contributed by atoms with Gasteiger partial charge >= 0.3 is 6.18 Å². The first-order valence-electron chi connectivity index (χ1n) is 10.9. The number of fused-ring (bicyclic) bond motifs is 1. The number of hydrogen-bond donors (Lipinski definition) is 2. The van der Waals surface area contributed by atoms with E-state index in [-0.39, 0.29) is 49.0 Å². The van der Waals surface area contributed by atoms with Gasteiger partial charge in [0.1, 0.15) is 5.69 Å². The van der Waals surface area contributed by atoms with Crippen LogP contribution < -0.4 is 10.2 Å². The normalized spacial score (nSPS) is 15.0. The van der Waals surface area contributed by atoms with E-state index in [0.717, 1.165) is 10.9 Å². The molecule has 0 unspecified atom stereocenters. The summed E-state index contributed by atoms with van der Waals surface area (Å²) in [5.41, 5.74) is 1.78. The maximum Gasteiger partial charge on any atom is 0.401 e. The quantitative estimate of drug-likeness (QED) is 0.361. The lowest BCUT2D eigenvalue weighted by molar-refractivity contribution is -0.146. The number of halogens is 5. The monoisotopic (exact) mass is 522 g/mol. The summed E-state index contributed by atoms with van der Waals surface area (Å²) in [7, 11) is 0. The van der Waals surface area contributed by atoms with Gasteiger partial charge in [0.15, 0.2) is 11.6 Å². The second kappa shape index (κ2) is 9.43. The maximum atomic E-state index is 14.8. The summed E-state index contributed by atoms with van der Waals surface area (Å²) in [6.07, 6.45) is -1.28. The van der Waals surface area contributed by atoms with Gasteiger partial charge in [0.05, 0.1) is 12.2 Å². The van der Waals surface area contributed by atoms with E-state index in [2.05, 4.69) is 20.4 Å². The van der Waals surface area contributed by atoms with Crippen LogP contribution in [0.1, 0.15) is 10.6 Å². The Bertz CT molecular complexity index is 1410. The molecule has 0 atom stereocenters. The van der Waals surface area contributed by atoms with Crippen molar-refractivity contribution in [1.29, 1.82) is 0 Å². The molecule has 2 N–H and O–H groups in total. The Hall–Kier alpha value is -3.64. The SMILES string of the molecule is O=C(Nc1c[nH]c2ccc(Cl)cc12)c1cc(-c2cnc(N3CCN(CC(F)(F)F)CC3)c(F)c2)no1. The lowest BCUT2D eigenvalue weighted by Gasteiger charge is -2.35. The van der Waals surface area contributed by atoms with Gasteiger partial charge in [0.25, 0.3) is 5.91 Å². The molecule has 188 valence electrons. The molecule has 0 saturated carbocycles. The van der Waals surface area contributed by atoms with Crippen LogP contribution in [0.3, 0.4) is 0 Å². The average molecular weight is 523 g/mol. The van der Waals surface area contributed by atoms with Crippen LogP contribution in [-0.4, -0.2) is 64.8 Å². The largest absolute Gasteiger partial charge is 0.401 e. The lowest BCUT2D eigenvalue weighted by Crippen LogP contribution is -2.49. The predicted octanol–water partition coefficient (Wildman–Crippen LogP) is 4.95. The van der Waals surface area contributed by atoms with E-state index in [4.69, 9.17) is 16.1 Å². The number of piperazine rings is 1. The van der Waals surface area contributed by atoms with Crippen molar-refractivity contribution < 1.29 is 26.9 Å². The number of anilines is 2.